The van der Waals surface area contributed by atoms with Crippen LogP contribution in [-0.2, 0) is 11.3 Å². The van der Waals surface area contributed by atoms with Crippen molar-refractivity contribution >= 4 is 22.6 Å². The van der Waals surface area contributed by atoms with Crippen LogP contribution in [0.3, 0.4) is 0 Å². The molecule has 5 heteroatoms. The van der Waals surface area contributed by atoms with E-state index in [2.05, 4.69) is 9.55 Å². The fraction of sp³-hybridized carbons (Fsp3) is 0.533. The molecule has 0 saturated carbocycles. The Labute approximate surface area is 124 Å². The number of ether oxygens (including phenoxy) is 2. The monoisotopic (exact) mass is 296 g/mol. The van der Waals surface area contributed by atoms with Crippen LogP contribution in [0.5, 0.6) is 5.75 Å². The number of hydrogen-bond donors (Lipinski definition) is 0. The summed E-state index contributed by atoms with van der Waals surface area (Å²) in [4.78, 5) is 4.62. The number of fused-ring (bicyclic) bond motifs is 1. The Bertz CT molecular complexity index is 566. The fourth-order valence-electron chi connectivity index (χ4n) is 2.26. The molecule has 0 N–H and O–H groups in total. The molecule has 2 rings (SSSR count). The number of benzene rings is 1. The van der Waals surface area contributed by atoms with E-state index in [1.807, 2.05) is 32.0 Å². The number of hydrogen-bond acceptors (Lipinski definition) is 3. The van der Waals surface area contributed by atoms with Crippen LogP contribution in [0.25, 0.3) is 11.0 Å². The highest BCUT2D eigenvalue weighted by molar-refractivity contribution is 6.20. The van der Waals surface area contributed by atoms with Gasteiger partial charge in [-0.05, 0) is 32.4 Å². The Morgan fingerprint density at radius 1 is 1.40 bits per heavy atom. The smallest absolute Gasteiger partial charge is 0.127 e. The van der Waals surface area contributed by atoms with Crippen molar-refractivity contribution in [2.45, 2.75) is 32.2 Å². The van der Waals surface area contributed by atoms with Crippen LogP contribution in [0.2, 0.25) is 0 Å². The molecule has 0 aliphatic carbocycles. The zero-order valence-electron chi connectivity index (χ0n) is 12.2. The number of nitrogens with zero attached hydrogens (tertiary/aromatic N) is 2. The van der Waals surface area contributed by atoms with Gasteiger partial charge in [0.1, 0.15) is 11.6 Å². The molecule has 0 spiro atoms. The predicted molar refractivity (Wildman–Crippen MR) is 81.7 cm³/mol. The van der Waals surface area contributed by atoms with Crippen LogP contribution in [-0.4, -0.2) is 29.9 Å². The Balaban J connectivity index is 2.33. The molecular formula is C15H21ClN2O2. The van der Waals surface area contributed by atoms with Gasteiger partial charge in [0, 0.05) is 25.8 Å². The second kappa shape index (κ2) is 6.95. The molecule has 1 aromatic carbocycles. The third-order valence-electron chi connectivity index (χ3n) is 3.22. The summed E-state index contributed by atoms with van der Waals surface area (Å²) < 4.78 is 12.9. The van der Waals surface area contributed by atoms with Gasteiger partial charge < -0.3 is 14.0 Å². The molecule has 0 aliphatic heterocycles. The first-order valence-electron chi connectivity index (χ1n) is 6.93. The van der Waals surface area contributed by atoms with Crippen molar-refractivity contribution in [1.82, 2.24) is 9.55 Å². The molecule has 1 atom stereocenters. The molecule has 2 aromatic rings. The Morgan fingerprint density at radius 3 is 2.85 bits per heavy atom. The minimum Gasteiger partial charge on any atom is -0.497 e. The predicted octanol–water partition coefficient (Wildman–Crippen LogP) is 3.77. The zero-order valence-corrected chi connectivity index (χ0v) is 13.0. The lowest BCUT2D eigenvalue weighted by Gasteiger charge is -2.11. The first-order chi connectivity index (χ1) is 9.67. The van der Waals surface area contributed by atoms with E-state index in [0.717, 1.165) is 48.8 Å². The number of aryl methyl sites for hydroxylation is 1. The standard InChI is InChI=1S/C15H21ClN2O2/c1-4-20-9-5-8-18-14-10-12(19-3)6-7-13(14)17-15(18)11(2)16/h6-7,10-11H,4-5,8-9H2,1-3H3. The molecule has 1 unspecified atom stereocenters. The zero-order chi connectivity index (χ0) is 14.5. The molecule has 0 bridgehead atoms. The van der Waals surface area contributed by atoms with Gasteiger partial charge in [-0.25, -0.2) is 4.98 Å². The lowest BCUT2D eigenvalue weighted by Crippen LogP contribution is -2.07. The fourth-order valence-corrected chi connectivity index (χ4v) is 2.42. The lowest BCUT2D eigenvalue weighted by atomic mass is 10.3. The molecule has 0 saturated heterocycles. The normalized spacial score (nSPS) is 12.8. The van der Waals surface area contributed by atoms with E-state index < -0.39 is 0 Å². The van der Waals surface area contributed by atoms with Crippen LogP contribution in [0, 0.1) is 0 Å². The van der Waals surface area contributed by atoms with E-state index in [4.69, 9.17) is 21.1 Å². The third kappa shape index (κ3) is 3.25. The van der Waals surface area contributed by atoms with E-state index in [0.29, 0.717) is 0 Å². The summed E-state index contributed by atoms with van der Waals surface area (Å²) in [6.07, 6.45) is 0.938. The number of rotatable bonds is 7. The van der Waals surface area contributed by atoms with Crippen LogP contribution >= 0.6 is 11.6 Å². The van der Waals surface area contributed by atoms with Gasteiger partial charge in [-0.15, -0.1) is 11.6 Å². The van der Waals surface area contributed by atoms with Crippen molar-refractivity contribution in [2.75, 3.05) is 20.3 Å². The first kappa shape index (κ1) is 15.1. The maximum atomic E-state index is 6.25. The summed E-state index contributed by atoms with van der Waals surface area (Å²) in [6.45, 7) is 6.28. The van der Waals surface area contributed by atoms with E-state index in [1.54, 1.807) is 7.11 Å². The SMILES string of the molecule is CCOCCCn1c(C(C)Cl)nc2ccc(OC)cc21. The minimum absolute atomic E-state index is 0.125. The van der Waals surface area contributed by atoms with Gasteiger partial charge in [-0.2, -0.15) is 0 Å². The molecule has 1 aromatic heterocycles. The van der Waals surface area contributed by atoms with Gasteiger partial charge >= 0.3 is 0 Å². The molecule has 4 nitrogen and oxygen atoms in total. The van der Waals surface area contributed by atoms with Crippen molar-refractivity contribution in [3.63, 3.8) is 0 Å². The highest BCUT2D eigenvalue weighted by Gasteiger charge is 2.15. The molecule has 110 valence electrons. The van der Waals surface area contributed by atoms with Crippen molar-refractivity contribution in [3.8, 4) is 5.75 Å². The molecular weight excluding hydrogens is 276 g/mol. The third-order valence-corrected chi connectivity index (χ3v) is 3.41. The maximum absolute atomic E-state index is 6.25. The van der Waals surface area contributed by atoms with Crippen LogP contribution < -0.4 is 4.74 Å². The van der Waals surface area contributed by atoms with E-state index in [1.165, 1.54) is 0 Å². The van der Waals surface area contributed by atoms with Gasteiger partial charge in [0.25, 0.3) is 0 Å². The summed E-state index contributed by atoms with van der Waals surface area (Å²) in [5.41, 5.74) is 2.01. The molecule has 1 heterocycles. The summed E-state index contributed by atoms with van der Waals surface area (Å²) in [5.74, 6) is 1.73. The van der Waals surface area contributed by atoms with Gasteiger partial charge in [-0.1, -0.05) is 0 Å². The Kier molecular flexibility index (Phi) is 5.26. The summed E-state index contributed by atoms with van der Waals surface area (Å²) in [7, 11) is 1.67. The molecule has 0 radical (unpaired) electrons. The summed E-state index contributed by atoms with van der Waals surface area (Å²) >= 11 is 6.25. The lowest BCUT2D eigenvalue weighted by molar-refractivity contribution is 0.141. The van der Waals surface area contributed by atoms with Crippen LogP contribution in [0.4, 0.5) is 0 Å². The molecule has 0 aliphatic rings. The van der Waals surface area contributed by atoms with Crippen molar-refractivity contribution < 1.29 is 9.47 Å². The van der Waals surface area contributed by atoms with E-state index in [-0.39, 0.29) is 5.38 Å². The summed E-state index contributed by atoms with van der Waals surface area (Å²) in [5, 5.41) is -0.125. The topological polar surface area (TPSA) is 36.3 Å². The number of methoxy groups -OCH3 is 1. The number of aromatic nitrogens is 2. The number of alkyl halides is 1. The quantitative estimate of drug-likeness (QED) is 0.576. The summed E-state index contributed by atoms with van der Waals surface area (Å²) in [6, 6.07) is 5.89. The van der Waals surface area contributed by atoms with E-state index in [9.17, 15) is 0 Å². The average molecular weight is 297 g/mol. The first-order valence-corrected chi connectivity index (χ1v) is 7.37. The van der Waals surface area contributed by atoms with Gasteiger partial charge in [-0.3, -0.25) is 0 Å². The highest BCUT2D eigenvalue weighted by atomic mass is 35.5. The Morgan fingerprint density at radius 2 is 2.20 bits per heavy atom. The molecule has 20 heavy (non-hydrogen) atoms. The maximum Gasteiger partial charge on any atom is 0.127 e. The van der Waals surface area contributed by atoms with Crippen molar-refractivity contribution in [3.05, 3.63) is 24.0 Å². The van der Waals surface area contributed by atoms with Crippen LogP contribution in [0.15, 0.2) is 18.2 Å². The largest absolute Gasteiger partial charge is 0.497 e. The second-order valence-corrected chi connectivity index (χ2v) is 5.30. The number of halogens is 1. The van der Waals surface area contributed by atoms with Crippen molar-refractivity contribution in [2.24, 2.45) is 0 Å². The van der Waals surface area contributed by atoms with E-state index >= 15 is 0 Å². The highest BCUT2D eigenvalue weighted by Crippen LogP contribution is 2.27. The number of imidazole rings is 1. The second-order valence-electron chi connectivity index (χ2n) is 4.64. The van der Waals surface area contributed by atoms with Gasteiger partial charge in [0.05, 0.1) is 23.5 Å². The van der Waals surface area contributed by atoms with Gasteiger partial charge in [0.2, 0.25) is 0 Å². The van der Waals surface area contributed by atoms with Crippen molar-refractivity contribution in [1.29, 1.82) is 0 Å². The average Bonchev–Trinajstić information content (AvgIpc) is 2.81. The Hall–Kier alpha value is -1.26. The molecule has 0 fully saturated rings. The van der Waals surface area contributed by atoms with Gasteiger partial charge in [0.15, 0.2) is 0 Å². The minimum atomic E-state index is -0.125. The van der Waals surface area contributed by atoms with Crippen LogP contribution in [0.1, 0.15) is 31.5 Å². The molecule has 0 amide bonds.